The molecule has 1 aliphatic rings. The fourth-order valence-corrected chi connectivity index (χ4v) is 4.09. The first-order valence-corrected chi connectivity index (χ1v) is 12.9. The zero-order valence-electron chi connectivity index (χ0n) is 22.6. The lowest BCUT2D eigenvalue weighted by Gasteiger charge is -2.33. The van der Waals surface area contributed by atoms with E-state index in [0.29, 0.717) is 18.7 Å². The van der Waals surface area contributed by atoms with Crippen LogP contribution in [0.2, 0.25) is 0 Å². The first-order chi connectivity index (χ1) is 18.0. The Hall–Kier alpha value is -3.28. The number of nitrogens with zero attached hydrogens (tertiary/aromatic N) is 2. The minimum atomic E-state index is -1.27. The van der Waals surface area contributed by atoms with Crippen LogP contribution in [0.3, 0.4) is 0 Å². The molecule has 0 bridgehead atoms. The number of pyridine rings is 1. The zero-order valence-corrected chi connectivity index (χ0v) is 22.6. The molecule has 1 aromatic carbocycles. The normalized spacial score (nSPS) is 19.1. The van der Waals surface area contributed by atoms with Crippen molar-refractivity contribution >= 4 is 24.9 Å². The van der Waals surface area contributed by atoms with Crippen molar-refractivity contribution in [3.63, 3.8) is 0 Å². The molecule has 0 spiro atoms. The lowest BCUT2D eigenvalue weighted by Crippen LogP contribution is -2.59. The smallest absolute Gasteiger partial charge is 0.507 e. The fourth-order valence-electron chi connectivity index (χ4n) is 4.09. The van der Waals surface area contributed by atoms with Gasteiger partial charge in [0, 0.05) is 18.2 Å². The number of amides is 2. The number of aliphatic hydroxyl groups is 1. The minimum absolute atomic E-state index is 0.0237. The number of carbonyl (C=O) groups excluding carboxylic acids is 3. The van der Waals surface area contributed by atoms with E-state index in [2.05, 4.69) is 15.6 Å². The number of benzene rings is 1. The molecule has 1 fully saturated rings. The van der Waals surface area contributed by atoms with Gasteiger partial charge >= 0.3 is 13.1 Å². The van der Waals surface area contributed by atoms with Crippen LogP contribution in [0.4, 0.5) is 0 Å². The van der Waals surface area contributed by atoms with Crippen LogP contribution in [0.5, 0.6) is 0 Å². The summed E-state index contributed by atoms with van der Waals surface area (Å²) in [5, 5.41) is 15.8. The summed E-state index contributed by atoms with van der Waals surface area (Å²) in [5.41, 5.74) is 1.56. The van der Waals surface area contributed by atoms with E-state index in [-0.39, 0.29) is 24.2 Å². The molecule has 2 heterocycles. The Balaban J connectivity index is 1.75. The van der Waals surface area contributed by atoms with E-state index in [1.165, 1.54) is 6.92 Å². The van der Waals surface area contributed by atoms with Crippen LogP contribution in [0.1, 0.15) is 44.6 Å². The van der Waals surface area contributed by atoms with Crippen molar-refractivity contribution in [1.82, 2.24) is 20.5 Å². The Labute approximate surface area is 224 Å². The van der Waals surface area contributed by atoms with Gasteiger partial charge in [0.05, 0.1) is 24.3 Å². The predicted molar refractivity (Wildman–Crippen MR) is 144 cm³/mol. The van der Waals surface area contributed by atoms with Gasteiger partial charge in [0.1, 0.15) is 11.7 Å². The van der Waals surface area contributed by atoms with Crippen LogP contribution in [0, 0.1) is 5.92 Å². The Morgan fingerprint density at radius 3 is 2.50 bits per heavy atom. The van der Waals surface area contributed by atoms with Crippen LogP contribution in [0.25, 0.3) is 11.3 Å². The largest absolute Gasteiger partial charge is 0.551 e. The van der Waals surface area contributed by atoms with Gasteiger partial charge in [-0.25, -0.2) is 4.98 Å². The molecule has 1 saturated heterocycles. The number of nitrogens with one attached hydrogen (secondary N) is 2. The van der Waals surface area contributed by atoms with Crippen molar-refractivity contribution in [3.8, 4) is 11.3 Å². The highest BCUT2D eigenvalue weighted by Crippen LogP contribution is 2.17. The monoisotopic (exact) mass is 524 g/mol. The molecule has 11 heteroatoms. The molecular formula is C27H37BN4O6. The highest BCUT2D eigenvalue weighted by Gasteiger charge is 2.40. The molecule has 0 radical (unpaired) electrons. The summed E-state index contributed by atoms with van der Waals surface area (Å²) in [6, 6.07) is 13.2. The molecule has 3 N–H and O–H groups in total. The van der Waals surface area contributed by atoms with E-state index < -0.39 is 43.0 Å². The van der Waals surface area contributed by atoms with E-state index in [1.807, 2.05) is 63.1 Å². The Kier molecular flexibility index (Phi) is 10.4. The van der Waals surface area contributed by atoms with Crippen molar-refractivity contribution in [2.75, 3.05) is 20.2 Å². The van der Waals surface area contributed by atoms with E-state index >= 15 is 0 Å². The average Bonchev–Trinajstić information content (AvgIpc) is 2.88. The van der Waals surface area contributed by atoms with Gasteiger partial charge < -0.3 is 25.0 Å². The summed E-state index contributed by atoms with van der Waals surface area (Å²) in [4.78, 5) is 45.0. The maximum atomic E-state index is 13.3. The molecule has 0 aliphatic carbocycles. The van der Waals surface area contributed by atoms with E-state index in [4.69, 9.17) is 9.31 Å². The quantitative estimate of drug-likeness (QED) is 0.423. The summed E-state index contributed by atoms with van der Waals surface area (Å²) in [5.74, 6) is -2.23. The molecule has 2 amide bonds. The van der Waals surface area contributed by atoms with Crippen LogP contribution >= 0.6 is 0 Å². The van der Waals surface area contributed by atoms with Gasteiger partial charge in [-0.1, -0.05) is 50.2 Å². The number of hydrogen-bond acceptors (Lipinski definition) is 8. The highest BCUT2D eigenvalue weighted by molar-refractivity contribution is 6.49. The van der Waals surface area contributed by atoms with Crippen LogP contribution in [-0.4, -0.2) is 84.2 Å². The number of likely N-dealkylation sites (N-methyl/N-ethyl adjacent to an activating group) is 1. The summed E-state index contributed by atoms with van der Waals surface area (Å²) >= 11 is 0. The maximum absolute atomic E-state index is 13.3. The second kappa shape index (κ2) is 13.5. The van der Waals surface area contributed by atoms with E-state index in [9.17, 15) is 19.5 Å². The molecule has 3 rings (SSSR count). The third-order valence-electron chi connectivity index (χ3n) is 6.36. The van der Waals surface area contributed by atoms with E-state index in [0.717, 1.165) is 5.56 Å². The van der Waals surface area contributed by atoms with Crippen molar-refractivity contribution in [2.45, 2.75) is 58.2 Å². The fraction of sp³-hybridized carbons (Fsp3) is 0.481. The third-order valence-corrected chi connectivity index (χ3v) is 6.36. The summed E-state index contributed by atoms with van der Waals surface area (Å²) in [6.45, 7) is 7.70. The van der Waals surface area contributed by atoms with E-state index in [1.54, 1.807) is 18.2 Å². The molecule has 2 aromatic rings. The molecule has 204 valence electrons. The van der Waals surface area contributed by atoms with Gasteiger partial charge in [0.2, 0.25) is 5.91 Å². The molecule has 1 aromatic heterocycles. The topological polar surface area (TPSA) is 130 Å². The summed E-state index contributed by atoms with van der Waals surface area (Å²) in [6.07, 6.45) is -0.750. The number of aromatic nitrogens is 1. The first kappa shape index (κ1) is 29.3. The van der Waals surface area contributed by atoms with Gasteiger partial charge in [-0.05, 0) is 45.4 Å². The third kappa shape index (κ3) is 8.11. The van der Waals surface area contributed by atoms with Crippen molar-refractivity contribution in [3.05, 3.63) is 54.2 Å². The summed E-state index contributed by atoms with van der Waals surface area (Å²) in [7, 11) is 0.808. The Morgan fingerprint density at radius 2 is 1.84 bits per heavy atom. The van der Waals surface area contributed by atoms with Crippen LogP contribution in [-0.2, 0) is 18.9 Å². The summed E-state index contributed by atoms with van der Waals surface area (Å²) < 4.78 is 11.4. The highest BCUT2D eigenvalue weighted by atomic mass is 16.6. The molecular weight excluding hydrogens is 487 g/mol. The molecule has 10 nitrogen and oxygen atoms in total. The van der Waals surface area contributed by atoms with Crippen molar-refractivity contribution in [1.29, 1.82) is 0 Å². The second-order valence-corrected chi connectivity index (χ2v) is 10.2. The Bertz CT molecular complexity index is 1100. The lowest BCUT2D eigenvalue weighted by molar-refractivity contribution is -0.139. The molecule has 0 saturated carbocycles. The minimum Gasteiger partial charge on any atom is -0.507 e. The number of aliphatic hydroxyl groups excluding tert-OH is 1. The van der Waals surface area contributed by atoms with Gasteiger partial charge in [0.15, 0.2) is 0 Å². The van der Waals surface area contributed by atoms with Crippen molar-refractivity contribution in [2.24, 2.45) is 5.92 Å². The molecule has 1 aliphatic heterocycles. The standard InChI is InChI=1S/C27H37BN4O6/c1-17(2)14-23(28-37-16-18(3)32(5)15-24(34)38-28)30-27(36)25(19(4)33)31-26(35)22-13-9-12-21(29-22)20-10-7-6-8-11-20/h6-13,17-19,23,25,33H,14-16H2,1-5H3,(H,30,36)(H,31,35)/t18-,19-,23+,25+/m1/s1. The van der Waals surface area contributed by atoms with Crippen LogP contribution < -0.4 is 10.6 Å². The van der Waals surface area contributed by atoms with Gasteiger partial charge in [0.25, 0.3) is 5.91 Å². The van der Waals surface area contributed by atoms with Gasteiger partial charge in [-0.15, -0.1) is 0 Å². The lowest BCUT2D eigenvalue weighted by atomic mass is 9.73. The Morgan fingerprint density at radius 1 is 1.13 bits per heavy atom. The molecule has 4 atom stereocenters. The van der Waals surface area contributed by atoms with Gasteiger partial charge in [-0.2, -0.15) is 0 Å². The van der Waals surface area contributed by atoms with Gasteiger partial charge in [-0.3, -0.25) is 19.3 Å². The zero-order chi connectivity index (χ0) is 27.8. The van der Waals surface area contributed by atoms with Crippen molar-refractivity contribution < 1.29 is 28.8 Å². The SMILES string of the molecule is CC(C)C[C@H](NC(=O)[C@@H](NC(=O)c1cccc(-c2ccccc2)n1)[C@@H](C)O)B1OC[C@@H](C)N(C)CC(=O)O1. The molecule has 0 unspecified atom stereocenters. The maximum Gasteiger partial charge on any atom is 0.551 e. The molecule has 38 heavy (non-hydrogen) atoms. The average molecular weight is 524 g/mol. The first-order valence-electron chi connectivity index (χ1n) is 12.9. The number of rotatable bonds is 9. The second-order valence-electron chi connectivity index (χ2n) is 10.2. The predicted octanol–water partition coefficient (Wildman–Crippen LogP) is 1.68. The van der Waals surface area contributed by atoms with Crippen LogP contribution in [0.15, 0.2) is 48.5 Å². The number of carbonyl (C=O) groups is 3. The number of hydrogen-bond donors (Lipinski definition) is 3.